The summed E-state index contributed by atoms with van der Waals surface area (Å²) in [5.74, 6) is -0.524. The molecular formula is C8H7N3O2. The van der Waals surface area contributed by atoms with E-state index in [1.54, 1.807) is 6.07 Å². The molecule has 1 rings (SSSR count). The van der Waals surface area contributed by atoms with E-state index < -0.39 is 5.97 Å². The summed E-state index contributed by atoms with van der Waals surface area (Å²) in [6, 6.07) is 3.15. The Morgan fingerprint density at radius 1 is 1.77 bits per heavy atom. The number of nitrogens with two attached hydrogens (primary N) is 1. The molecule has 0 atom stereocenters. The van der Waals surface area contributed by atoms with Crippen LogP contribution in [-0.4, -0.2) is 18.1 Å². The van der Waals surface area contributed by atoms with Crippen LogP contribution in [0.2, 0.25) is 0 Å². The molecule has 0 radical (unpaired) electrons. The normalized spacial score (nSPS) is 8.92. The van der Waals surface area contributed by atoms with Crippen molar-refractivity contribution in [1.29, 1.82) is 5.26 Å². The largest absolute Gasteiger partial charge is 0.465 e. The summed E-state index contributed by atoms with van der Waals surface area (Å²) < 4.78 is 4.45. The lowest BCUT2D eigenvalue weighted by Crippen LogP contribution is -2.04. The SMILES string of the molecule is COC(=O)c1cnc(C#N)c(N)c1. The quantitative estimate of drug-likeness (QED) is 0.624. The van der Waals surface area contributed by atoms with Crippen molar-refractivity contribution in [2.75, 3.05) is 12.8 Å². The van der Waals surface area contributed by atoms with Crippen molar-refractivity contribution in [3.63, 3.8) is 0 Å². The molecule has 66 valence electrons. The monoisotopic (exact) mass is 177 g/mol. The van der Waals surface area contributed by atoms with E-state index in [1.165, 1.54) is 19.4 Å². The number of methoxy groups -OCH3 is 1. The molecule has 5 heteroatoms. The number of aromatic nitrogens is 1. The minimum absolute atomic E-state index is 0.104. The highest BCUT2D eigenvalue weighted by atomic mass is 16.5. The zero-order valence-electron chi connectivity index (χ0n) is 6.94. The maximum Gasteiger partial charge on any atom is 0.339 e. The Labute approximate surface area is 74.8 Å². The molecule has 0 aliphatic carbocycles. The van der Waals surface area contributed by atoms with Gasteiger partial charge in [-0.25, -0.2) is 9.78 Å². The van der Waals surface area contributed by atoms with E-state index in [9.17, 15) is 4.79 Å². The first-order valence-electron chi connectivity index (χ1n) is 3.43. The lowest BCUT2D eigenvalue weighted by Gasteiger charge is -2.00. The Morgan fingerprint density at radius 2 is 2.46 bits per heavy atom. The van der Waals surface area contributed by atoms with Gasteiger partial charge in [0.2, 0.25) is 0 Å². The fourth-order valence-corrected chi connectivity index (χ4v) is 0.805. The van der Waals surface area contributed by atoms with Crippen LogP contribution in [0.4, 0.5) is 5.69 Å². The second kappa shape index (κ2) is 3.54. The van der Waals surface area contributed by atoms with Crippen LogP contribution >= 0.6 is 0 Å². The number of esters is 1. The van der Waals surface area contributed by atoms with E-state index in [4.69, 9.17) is 11.0 Å². The van der Waals surface area contributed by atoms with E-state index in [0.29, 0.717) is 0 Å². The molecule has 5 nitrogen and oxygen atoms in total. The minimum Gasteiger partial charge on any atom is -0.465 e. The molecule has 0 bridgehead atoms. The third kappa shape index (κ3) is 1.73. The van der Waals surface area contributed by atoms with Crippen LogP contribution in [0, 0.1) is 11.3 Å². The summed E-state index contributed by atoms with van der Waals surface area (Å²) in [6.07, 6.45) is 1.25. The molecular weight excluding hydrogens is 170 g/mol. The van der Waals surface area contributed by atoms with Crippen LogP contribution in [0.3, 0.4) is 0 Å². The van der Waals surface area contributed by atoms with Crippen LogP contribution in [0.25, 0.3) is 0 Å². The Balaban J connectivity index is 3.11. The van der Waals surface area contributed by atoms with Gasteiger partial charge in [0, 0.05) is 6.20 Å². The molecule has 0 aliphatic rings. The van der Waals surface area contributed by atoms with Crippen LogP contribution in [0.15, 0.2) is 12.3 Å². The van der Waals surface area contributed by atoms with E-state index in [1.807, 2.05) is 0 Å². The van der Waals surface area contributed by atoms with Gasteiger partial charge in [-0.2, -0.15) is 5.26 Å². The second-order valence-electron chi connectivity index (χ2n) is 2.27. The Morgan fingerprint density at radius 3 is 2.92 bits per heavy atom. The van der Waals surface area contributed by atoms with Gasteiger partial charge in [0.1, 0.15) is 6.07 Å². The van der Waals surface area contributed by atoms with Gasteiger partial charge >= 0.3 is 5.97 Å². The second-order valence-corrected chi connectivity index (χ2v) is 2.27. The maximum atomic E-state index is 11.0. The molecule has 0 spiro atoms. The summed E-state index contributed by atoms with van der Waals surface area (Å²) in [5.41, 5.74) is 5.94. The zero-order valence-corrected chi connectivity index (χ0v) is 6.94. The number of hydrogen-bond acceptors (Lipinski definition) is 5. The molecule has 1 aromatic rings. The van der Waals surface area contributed by atoms with Crippen LogP contribution in [0.5, 0.6) is 0 Å². The summed E-state index contributed by atoms with van der Waals surface area (Å²) in [6.45, 7) is 0. The molecule has 0 saturated heterocycles. The predicted octanol–water partition coefficient (Wildman–Crippen LogP) is 0.322. The number of hydrogen-bond donors (Lipinski definition) is 1. The van der Waals surface area contributed by atoms with E-state index in [2.05, 4.69) is 9.72 Å². The number of anilines is 1. The van der Waals surface area contributed by atoms with E-state index in [0.717, 1.165) is 0 Å². The first kappa shape index (κ1) is 9.00. The van der Waals surface area contributed by atoms with Crippen molar-refractivity contribution in [1.82, 2.24) is 4.98 Å². The number of nitrogen functional groups attached to an aromatic ring is 1. The van der Waals surface area contributed by atoms with Crippen molar-refractivity contribution in [2.24, 2.45) is 0 Å². The molecule has 0 saturated carbocycles. The number of nitriles is 1. The van der Waals surface area contributed by atoms with Gasteiger partial charge in [-0.3, -0.25) is 0 Å². The number of carbonyl (C=O) groups is 1. The summed E-state index contributed by atoms with van der Waals surface area (Å²) in [5, 5.41) is 8.50. The van der Waals surface area contributed by atoms with Gasteiger partial charge in [0.05, 0.1) is 18.4 Å². The molecule has 1 aromatic heterocycles. The van der Waals surface area contributed by atoms with E-state index in [-0.39, 0.29) is 16.9 Å². The number of rotatable bonds is 1. The Kier molecular flexibility index (Phi) is 2.45. The fourth-order valence-electron chi connectivity index (χ4n) is 0.805. The maximum absolute atomic E-state index is 11.0. The fraction of sp³-hybridized carbons (Fsp3) is 0.125. The highest BCUT2D eigenvalue weighted by Gasteiger charge is 2.08. The van der Waals surface area contributed by atoms with Gasteiger partial charge in [-0.15, -0.1) is 0 Å². The lowest BCUT2D eigenvalue weighted by atomic mass is 10.2. The number of ether oxygens (including phenoxy) is 1. The average molecular weight is 177 g/mol. The van der Waals surface area contributed by atoms with Crippen molar-refractivity contribution >= 4 is 11.7 Å². The third-order valence-corrected chi connectivity index (χ3v) is 1.44. The molecule has 13 heavy (non-hydrogen) atoms. The molecule has 0 amide bonds. The van der Waals surface area contributed by atoms with Crippen molar-refractivity contribution in [3.05, 3.63) is 23.5 Å². The highest BCUT2D eigenvalue weighted by molar-refractivity contribution is 5.90. The molecule has 0 aromatic carbocycles. The zero-order chi connectivity index (χ0) is 9.84. The molecule has 0 fully saturated rings. The average Bonchev–Trinajstić information content (AvgIpc) is 2.16. The van der Waals surface area contributed by atoms with Crippen LogP contribution in [-0.2, 0) is 4.74 Å². The lowest BCUT2D eigenvalue weighted by molar-refractivity contribution is 0.0600. The van der Waals surface area contributed by atoms with Gasteiger partial charge in [0.15, 0.2) is 5.69 Å². The smallest absolute Gasteiger partial charge is 0.339 e. The number of pyridine rings is 1. The van der Waals surface area contributed by atoms with Gasteiger partial charge in [-0.1, -0.05) is 0 Å². The molecule has 1 heterocycles. The molecule has 0 unspecified atom stereocenters. The predicted molar refractivity (Wildman–Crippen MR) is 44.7 cm³/mol. The standard InChI is InChI=1S/C8H7N3O2/c1-13-8(12)5-2-6(10)7(3-9)11-4-5/h2,4H,10H2,1H3. The number of nitrogens with zero attached hydrogens (tertiary/aromatic N) is 2. The van der Waals surface area contributed by atoms with Crippen LogP contribution < -0.4 is 5.73 Å². The molecule has 0 aliphatic heterocycles. The Hall–Kier alpha value is -2.09. The first-order valence-corrected chi connectivity index (χ1v) is 3.43. The van der Waals surface area contributed by atoms with Crippen molar-refractivity contribution in [3.8, 4) is 6.07 Å². The minimum atomic E-state index is -0.524. The Bertz CT molecular complexity index is 381. The number of carbonyl (C=O) groups excluding carboxylic acids is 1. The van der Waals surface area contributed by atoms with Crippen molar-refractivity contribution < 1.29 is 9.53 Å². The first-order chi connectivity index (χ1) is 6.19. The summed E-state index contributed by atoms with van der Waals surface area (Å²) >= 11 is 0. The van der Waals surface area contributed by atoms with Gasteiger partial charge in [0.25, 0.3) is 0 Å². The third-order valence-electron chi connectivity index (χ3n) is 1.44. The summed E-state index contributed by atoms with van der Waals surface area (Å²) in [4.78, 5) is 14.6. The van der Waals surface area contributed by atoms with Gasteiger partial charge < -0.3 is 10.5 Å². The van der Waals surface area contributed by atoms with Crippen molar-refractivity contribution in [2.45, 2.75) is 0 Å². The van der Waals surface area contributed by atoms with E-state index >= 15 is 0 Å². The van der Waals surface area contributed by atoms with Crippen LogP contribution in [0.1, 0.15) is 16.1 Å². The molecule has 2 N–H and O–H groups in total. The highest BCUT2D eigenvalue weighted by Crippen LogP contribution is 2.10. The van der Waals surface area contributed by atoms with Gasteiger partial charge in [-0.05, 0) is 6.07 Å². The summed E-state index contributed by atoms with van der Waals surface area (Å²) in [7, 11) is 1.26. The topological polar surface area (TPSA) is 89.0 Å².